The third-order valence-corrected chi connectivity index (χ3v) is 4.78. The molecule has 2 heterocycles. The lowest BCUT2D eigenvalue weighted by molar-refractivity contribution is 0.558. The van der Waals surface area contributed by atoms with E-state index in [4.69, 9.17) is 0 Å². The van der Waals surface area contributed by atoms with Crippen LogP contribution in [0.2, 0.25) is 0 Å². The van der Waals surface area contributed by atoms with Gasteiger partial charge in [-0.15, -0.1) is 11.3 Å². The molecule has 0 saturated heterocycles. The van der Waals surface area contributed by atoms with E-state index in [1.807, 2.05) is 18.7 Å². The van der Waals surface area contributed by atoms with Crippen molar-refractivity contribution in [3.05, 3.63) is 38.3 Å². The average Bonchev–Trinajstić information content (AvgIpc) is 2.87. The van der Waals surface area contributed by atoms with Crippen molar-refractivity contribution in [1.82, 2.24) is 15.1 Å². The van der Waals surface area contributed by atoms with Crippen LogP contribution < -0.4 is 5.32 Å². The Labute approximate surface area is 120 Å². The molecule has 18 heavy (non-hydrogen) atoms. The molecule has 0 spiro atoms. The highest BCUT2D eigenvalue weighted by Crippen LogP contribution is 2.33. The Morgan fingerprint density at radius 2 is 2.33 bits per heavy atom. The molecule has 0 aliphatic carbocycles. The summed E-state index contributed by atoms with van der Waals surface area (Å²) in [6.45, 7) is 5.21. The van der Waals surface area contributed by atoms with E-state index in [1.165, 1.54) is 15.0 Å². The Morgan fingerprint density at radius 3 is 2.83 bits per heavy atom. The third kappa shape index (κ3) is 2.84. The maximum absolute atomic E-state index is 4.45. The van der Waals surface area contributed by atoms with E-state index in [0.29, 0.717) is 0 Å². The van der Waals surface area contributed by atoms with Crippen LogP contribution in [0.25, 0.3) is 0 Å². The van der Waals surface area contributed by atoms with Crippen LogP contribution in [0.15, 0.2) is 22.0 Å². The first-order valence-corrected chi connectivity index (χ1v) is 7.77. The molecule has 0 aliphatic rings. The van der Waals surface area contributed by atoms with E-state index >= 15 is 0 Å². The number of thiophene rings is 1. The van der Waals surface area contributed by atoms with Crippen LogP contribution in [0.5, 0.6) is 0 Å². The topological polar surface area (TPSA) is 29.9 Å². The first-order chi connectivity index (χ1) is 8.63. The highest BCUT2D eigenvalue weighted by molar-refractivity contribution is 9.10. The van der Waals surface area contributed by atoms with Crippen molar-refractivity contribution < 1.29 is 0 Å². The monoisotopic (exact) mass is 327 g/mol. The van der Waals surface area contributed by atoms with Gasteiger partial charge in [-0.2, -0.15) is 5.10 Å². The van der Waals surface area contributed by atoms with Gasteiger partial charge in [-0.25, -0.2) is 0 Å². The maximum Gasteiger partial charge on any atom is 0.0853 e. The van der Waals surface area contributed by atoms with Crippen LogP contribution in [0.3, 0.4) is 0 Å². The summed E-state index contributed by atoms with van der Waals surface area (Å²) in [4.78, 5) is 1.31. The second kappa shape index (κ2) is 5.99. The quantitative estimate of drug-likeness (QED) is 0.908. The van der Waals surface area contributed by atoms with E-state index in [2.05, 4.69) is 50.8 Å². The van der Waals surface area contributed by atoms with Gasteiger partial charge in [0.2, 0.25) is 0 Å². The molecule has 0 aromatic carbocycles. The first-order valence-electron chi connectivity index (χ1n) is 6.10. The molecule has 0 saturated carbocycles. The van der Waals surface area contributed by atoms with Gasteiger partial charge in [-0.1, -0.05) is 6.92 Å². The largest absolute Gasteiger partial charge is 0.304 e. The number of aryl methyl sites for hydroxylation is 2. The molecule has 3 nitrogen and oxygen atoms in total. The number of nitrogens with one attached hydrogen (secondary N) is 1. The van der Waals surface area contributed by atoms with Crippen molar-refractivity contribution in [1.29, 1.82) is 0 Å². The summed E-state index contributed by atoms with van der Waals surface area (Å²) in [5.41, 5.74) is 2.27. The van der Waals surface area contributed by atoms with E-state index < -0.39 is 0 Å². The SMILES string of the molecule is CCCNC(c1sccc1Br)c1cc(C)nn1C. The summed E-state index contributed by atoms with van der Waals surface area (Å²) in [5.74, 6) is 0. The van der Waals surface area contributed by atoms with Gasteiger partial charge in [0.15, 0.2) is 0 Å². The molecule has 2 aromatic rings. The Morgan fingerprint density at radius 1 is 1.56 bits per heavy atom. The standard InChI is InChI=1S/C13H18BrN3S/c1-4-6-15-12(13-10(14)5-7-18-13)11-8-9(2)16-17(11)3/h5,7-8,12,15H,4,6H2,1-3H3. The molecule has 0 amide bonds. The highest BCUT2D eigenvalue weighted by Gasteiger charge is 2.20. The summed E-state index contributed by atoms with van der Waals surface area (Å²) in [7, 11) is 2.00. The van der Waals surface area contributed by atoms with Crippen molar-refractivity contribution in [2.45, 2.75) is 26.3 Å². The summed E-state index contributed by atoms with van der Waals surface area (Å²) in [6, 6.07) is 4.47. The second-order valence-corrected chi connectivity index (χ2v) is 6.16. The fraction of sp³-hybridized carbons (Fsp3) is 0.462. The number of hydrogen-bond donors (Lipinski definition) is 1. The Balaban J connectivity index is 2.37. The van der Waals surface area contributed by atoms with Gasteiger partial charge >= 0.3 is 0 Å². The Kier molecular flexibility index (Phi) is 4.59. The molecule has 2 rings (SSSR count). The van der Waals surface area contributed by atoms with Crippen LogP contribution in [-0.4, -0.2) is 16.3 Å². The number of rotatable bonds is 5. The second-order valence-electron chi connectivity index (χ2n) is 4.35. The van der Waals surface area contributed by atoms with Gasteiger partial charge in [-0.3, -0.25) is 4.68 Å². The minimum absolute atomic E-state index is 0.213. The molecule has 1 N–H and O–H groups in total. The third-order valence-electron chi connectivity index (χ3n) is 2.84. The average molecular weight is 328 g/mol. The number of nitrogens with zero attached hydrogens (tertiary/aromatic N) is 2. The molecule has 0 fully saturated rings. The summed E-state index contributed by atoms with van der Waals surface area (Å²) in [5, 5.41) is 10.2. The van der Waals surface area contributed by atoms with Crippen LogP contribution in [0.4, 0.5) is 0 Å². The van der Waals surface area contributed by atoms with Crippen molar-refractivity contribution in [3.63, 3.8) is 0 Å². The predicted octanol–water partition coefficient (Wildman–Crippen LogP) is 3.64. The molecular formula is C13H18BrN3S. The zero-order chi connectivity index (χ0) is 13.1. The highest BCUT2D eigenvalue weighted by atomic mass is 79.9. The molecule has 0 bridgehead atoms. The van der Waals surface area contributed by atoms with Crippen LogP contribution >= 0.6 is 27.3 Å². The summed E-state index contributed by atoms with van der Waals surface area (Å²) >= 11 is 5.40. The minimum atomic E-state index is 0.213. The zero-order valence-electron chi connectivity index (χ0n) is 10.9. The predicted molar refractivity (Wildman–Crippen MR) is 80.1 cm³/mol. The number of aromatic nitrogens is 2. The zero-order valence-corrected chi connectivity index (χ0v) is 13.3. The summed E-state index contributed by atoms with van der Waals surface area (Å²) in [6.07, 6.45) is 1.12. The van der Waals surface area contributed by atoms with E-state index in [1.54, 1.807) is 11.3 Å². The lowest BCUT2D eigenvalue weighted by atomic mass is 10.1. The van der Waals surface area contributed by atoms with Gasteiger partial charge in [0.1, 0.15) is 0 Å². The fourth-order valence-corrected chi connectivity index (χ4v) is 3.72. The minimum Gasteiger partial charge on any atom is -0.304 e. The van der Waals surface area contributed by atoms with Crippen LogP contribution in [0, 0.1) is 6.92 Å². The van der Waals surface area contributed by atoms with Gasteiger partial charge in [0.25, 0.3) is 0 Å². The molecule has 98 valence electrons. The molecular weight excluding hydrogens is 310 g/mol. The number of halogens is 1. The fourth-order valence-electron chi connectivity index (χ4n) is 2.03. The maximum atomic E-state index is 4.45. The molecule has 2 aromatic heterocycles. The van der Waals surface area contributed by atoms with Gasteiger partial charge in [0.05, 0.1) is 17.4 Å². The number of hydrogen-bond acceptors (Lipinski definition) is 3. The molecule has 5 heteroatoms. The first kappa shape index (κ1) is 13.8. The smallest absolute Gasteiger partial charge is 0.0853 e. The Bertz CT molecular complexity index is 518. The Hall–Kier alpha value is -0.650. The van der Waals surface area contributed by atoms with Gasteiger partial charge < -0.3 is 5.32 Å². The molecule has 0 radical (unpaired) electrons. The van der Waals surface area contributed by atoms with Crippen LogP contribution in [-0.2, 0) is 7.05 Å². The van der Waals surface area contributed by atoms with E-state index in [9.17, 15) is 0 Å². The molecule has 0 aliphatic heterocycles. The van der Waals surface area contributed by atoms with E-state index in [0.717, 1.165) is 18.7 Å². The van der Waals surface area contributed by atoms with Crippen molar-refractivity contribution in [3.8, 4) is 0 Å². The van der Waals surface area contributed by atoms with E-state index in [-0.39, 0.29) is 6.04 Å². The normalized spacial score (nSPS) is 12.9. The lowest BCUT2D eigenvalue weighted by Gasteiger charge is -2.18. The van der Waals surface area contributed by atoms with Crippen molar-refractivity contribution in [2.75, 3.05) is 6.54 Å². The van der Waals surface area contributed by atoms with Crippen LogP contribution in [0.1, 0.15) is 35.7 Å². The van der Waals surface area contributed by atoms with Gasteiger partial charge in [0, 0.05) is 16.4 Å². The molecule has 1 atom stereocenters. The van der Waals surface area contributed by atoms with Crippen molar-refractivity contribution >= 4 is 27.3 Å². The molecule has 1 unspecified atom stereocenters. The van der Waals surface area contributed by atoms with Crippen molar-refractivity contribution in [2.24, 2.45) is 7.05 Å². The lowest BCUT2D eigenvalue weighted by Crippen LogP contribution is -2.24. The van der Waals surface area contributed by atoms with Gasteiger partial charge in [-0.05, 0) is 53.3 Å². The summed E-state index contributed by atoms with van der Waals surface area (Å²) < 4.78 is 3.13.